The van der Waals surface area contributed by atoms with Crippen LogP contribution in [-0.4, -0.2) is 23.9 Å². The fourth-order valence-corrected chi connectivity index (χ4v) is 3.93. The lowest BCUT2D eigenvalue weighted by atomic mass is 10.1. The van der Waals surface area contributed by atoms with E-state index >= 15 is 0 Å². The van der Waals surface area contributed by atoms with E-state index < -0.39 is 0 Å². The maximum atomic E-state index is 13.0. The minimum Gasteiger partial charge on any atom is -0.341 e. The van der Waals surface area contributed by atoms with E-state index in [1.54, 1.807) is 11.8 Å². The molecule has 0 spiro atoms. The number of hydrogen-bond donors (Lipinski definition) is 0. The number of carbonyl (C=O) groups is 1. The summed E-state index contributed by atoms with van der Waals surface area (Å²) in [5.41, 5.74) is 1.09. The van der Waals surface area contributed by atoms with Crippen molar-refractivity contribution in [2.24, 2.45) is 0 Å². The van der Waals surface area contributed by atoms with Crippen molar-refractivity contribution in [3.8, 4) is 0 Å². The Balaban J connectivity index is 1.84. The fourth-order valence-electron chi connectivity index (χ4n) is 2.80. The van der Waals surface area contributed by atoms with Crippen molar-refractivity contribution >= 4 is 17.7 Å². The van der Waals surface area contributed by atoms with E-state index in [4.69, 9.17) is 0 Å². The van der Waals surface area contributed by atoms with E-state index in [0.717, 1.165) is 36.4 Å². The molecule has 22 heavy (non-hydrogen) atoms. The van der Waals surface area contributed by atoms with Crippen molar-refractivity contribution in [1.82, 2.24) is 4.90 Å². The van der Waals surface area contributed by atoms with Gasteiger partial charge in [0.2, 0.25) is 5.91 Å². The number of hydrogen-bond acceptors (Lipinski definition) is 2. The molecule has 2 nitrogen and oxygen atoms in total. The molecule has 1 atom stereocenters. The molecule has 3 heteroatoms. The van der Waals surface area contributed by atoms with Crippen LogP contribution in [-0.2, 0) is 4.79 Å². The van der Waals surface area contributed by atoms with Crippen LogP contribution >= 0.6 is 11.8 Å². The van der Waals surface area contributed by atoms with Crippen molar-refractivity contribution < 1.29 is 4.79 Å². The molecule has 3 rings (SSSR count). The van der Waals surface area contributed by atoms with Gasteiger partial charge in [0.15, 0.2) is 0 Å². The molecule has 1 aliphatic rings. The molecule has 2 aromatic rings. The summed E-state index contributed by atoms with van der Waals surface area (Å²) in [4.78, 5) is 16.2. The van der Waals surface area contributed by atoms with Gasteiger partial charge in [0.05, 0.1) is 0 Å². The van der Waals surface area contributed by atoms with Crippen LogP contribution in [0.25, 0.3) is 0 Å². The zero-order valence-electron chi connectivity index (χ0n) is 12.7. The Morgan fingerprint density at radius 1 is 0.864 bits per heavy atom. The summed E-state index contributed by atoms with van der Waals surface area (Å²) in [6, 6.07) is 20.3. The van der Waals surface area contributed by atoms with Crippen molar-refractivity contribution in [1.29, 1.82) is 0 Å². The van der Waals surface area contributed by atoms with Crippen LogP contribution in [0.4, 0.5) is 0 Å². The summed E-state index contributed by atoms with van der Waals surface area (Å²) >= 11 is 1.65. The lowest BCUT2D eigenvalue weighted by molar-refractivity contribution is -0.131. The Bertz CT molecular complexity index is 593. The van der Waals surface area contributed by atoms with E-state index in [-0.39, 0.29) is 11.2 Å². The Labute approximate surface area is 136 Å². The minimum atomic E-state index is -0.151. The summed E-state index contributed by atoms with van der Waals surface area (Å²) in [6.07, 6.45) is 3.50. The zero-order valence-corrected chi connectivity index (χ0v) is 13.5. The van der Waals surface area contributed by atoms with E-state index in [0.29, 0.717) is 0 Å². The van der Waals surface area contributed by atoms with Gasteiger partial charge in [-0.25, -0.2) is 0 Å². The monoisotopic (exact) mass is 311 g/mol. The van der Waals surface area contributed by atoms with Gasteiger partial charge < -0.3 is 4.90 Å². The van der Waals surface area contributed by atoms with E-state index in [9.17, 15) is 4.79 Å². The summed E-state index contributed by atoms with van der Waals surface area (Å²) in [7, 11) is 0. The summed E-state index contributed by atoms with van der Waals surface area (Å²) in [6.45, 7) is 1.80. The molecule has 0 saturated carbocycles. The van der Waals surface area contributed by atoms with Crippen LogP contribution in [0, 0.1) is 0 Å². The topological polar surface area (TPSA) is 20.3 Å². The third-order valence-corrected chi connectivity index (χ3v) is 5.25. The van der Waals surface area contributed by atoms with Crippen LogP contribution in [0.1, 0.15) is 30.1 Å². The van der Waals surface area contributed by atoms with Crippen molar-refractivity contribution in [2.75, 3.05) is 13.1 Å². The normalized spacial score (nSPS) is 16.3. The highest BCUT2D eigenvalue weighted by molar-refractivity contribution is 8.00. The SMILES string of the molecule is O=C([C@@H](Sc1ccccc1)c1ccccc1)N1CCCCC1. The van der Waals surface area contributed by atoms with Crippen LogP contribution in [0.5, 0.6) is 0 Å². The number of benzene rings is 2. The fraction of sp³-hybridized carbons (Fsp3) is 0.316. The van der Waals surface area contributed by atoms with Crippen molar-refractivity contribution in [3.05, 3.63) is 66.2 Å². The predicted molar refractivity (Wildman–Crippen MR) is 91.9 cm³/mol. The molecule has 0 N–H and O–H groups in total. The van der Waals surface area contributed by atoms with Crippen molar-refractivity contribution in [3.63, 3.8) is 0 Å². The second kappa shape index (κ2) is 7.50. The van der Waals surface area contributed by atoms with Gasteiger partial charge in [0.1, 0.15) is 5.25 Å². The molecule has 114 valence electrons. The highest BCUT2D eigenvalue weighted by atomic mass is 32.2. The van der Waals surface area contributed by atoms with Crippen LogP contribution in [0.15, 0.2) is 65.6 Å². The van der Waals surface area contributed by atoms with Gasteiger partial charge in [-0.15, -0.1) is 11.8 Å². The Morgan fingerprint density at radius 3 is 2.09 bits per heavy atom. The largest absolute Gasteiger partial charge is 0.341 e. The Kier molecular flexibility index (Phi) is 5.17. The molecule has 1 heterocycles. The average Bonchev–Trinajstić information content (AvgIpc) is 2.61. The summed E-state index contributed by atoms with van der Waals surface area (Å²) < 4.78 is 0. The first kappa shape index (κ1) is 15.2. The molecule has 1 aliphatic heterocycles. The van der Waals surface area contributed by atoms with E-state index in [1.165, 1.54) is 6.42 Å². The zero-order chi connectivity index (χ0) is 15.2. The summed E-state index contributed by atoms with van der Waals surface area (Å²) in [5, 5.41) is -0.151. The maximum Gasteiger partial charge on any atom is 0.240 e. The third-order valence-electron chi connectivity index (χ3n) is 3.99. The van der Waals surface area contributed by atoms with Crippen molar-refractivity contribution in [2.45, 2.75) is 29.4 Å². The smallest absolute Gasteiger partial charge is 0.240 e. The van der Waals surface area contributed by atoms with Gasteiger partial charge in [-0.05, 0) is 37.0 Å². The quantitative estimate of drug-likeness (QED) is 0.773. The van der Waals surface area contributed by atoms with Crippen LogP contribution in [0.2, 0.25) is 0 Å². The van der Waals surface area contributed by atoms with Crippen LogP contribution < -0.4 is 0 Å². The lowest BCUT2D eigenvalue weighted by Gasteiger charge is -2.30. The molecular weight excluding hydrogens is 290 g/mol. The highest BCUT2D eigenvalue weighted by Crippen LogP contribution is 2.37. The molecule has 0 aliphatic carbocycles. The van der Waals surface area contributed by atoms with Crippen LogP contribution in [0.3, 0.4) is 0 Å². The standard InChI is InChI=1S/C19H21NOS/c21-19(20-14-8-3-9-15-20)18(16-10-4-1-5-11-16)22-17-12-6-2-7-13-17/h1-2,4-7,10-13,18H,3,8-9,14-15H2/t18-/m0/s1. The first-order valence-electron chi connectivity index (χ1n) is 7.90. The van der Waals surface area contributed by atoms with Gasteiger partial charge in [-0.2, -0.15) is 0 Å². The minimum absolute atomic E-state index is 0.151. The van der Waals surface area contributed by atoms with Gasteiger partial charge in [0, 0.05) is 18.0 Å². The number of nitrogens with zero attached hydrogens (tertiary/aromatic N) is 1. The second-order valence-electron chi connectivity index (χ2n) is 5.61. The number of likely N-dealkylation sites (tertiary alicyclic amines) is 1. The third kappa shape index (κ3) is 3.72. The molecule has 0 aromatic heterocycles. The highest BCUT2D eigenvalue weighted by Gasteiger charge is 2.27. The van der Waals surface area contributed by atoms with Gasteiger partial charge in [-0.3, -0.25) is 4.79 Å². The lowest BCUT2D eigenvalue weighted by Crippen LogP contribution is -2.38. The number of piperidine rings is 1. The van der Waals surface area contributed by atoms with Gasteiger partial charge >= 0.3 is 0 Å². The Morgan fingerprint density at radius 2 is 1.45 bits per heavy atom. The first-order valence-corrected chi connectivity index (χ1v) is 8.78. The molecule has 0 radical (unpaired) electrons. The van der Waals surface area contributed by atoms with E-state index in [1.807, 2.05) is 41.3 Å². The number of carbonyl (C=O) groups excluding carboxylic acids is 1. The predicted octanol–water partition coefficient (Wildman–Crippen LogP) is 4.53. The molecule has 1 amide bonds. The maximum absolute atomic E-state index is 13.0. The van der Waals surface area contributed by atoms with Gasteiger partial charge in [-0.1, -0.05) is 48.5 Å². The Hall–Kier alpha value is -1.74. The second-order valence-corrected chi connectivity index (χ2v) is 6.79. The molecule has 1 saturated heterocycles. The molecule has 1 fully saturated rings. The van der Waals surface area contributed by atoms with Gasteiger partial charge in [0.25, 0.3) is 0 Å². The number of rotatable bonds is 4. The first-order chi connectivity index (χ1) is 10.8. The molecular formula is C19H21NOS. The number of amides is 1. The van der Waals surface area contributed by atoms with E-state index in [2.05, 4.69) is 24.3 Å². The summed E-state index contributed by atoms with van der Waals surface area (Å²) in [5.74, 6) is 0.250. The molecule has 2 aromatic carbocycles. The number of thioether (sulfide) groups is 1. The average molecular weight is 311 g/mol. The molecule has 0 unspecified atom stereocenters. The molecule has 0 bridgehead atoms.